The lowest BCUT2D eigenvalue weighted by Gasteiger charge is -2.14. The number of nitrogens with zero attached hydrogens (tertiary/aromatic N) is 1. The van der Waals surface area contributed by atoms with Crippen LogP contribution in [-0.4, -0.2) is 4.98 Å². The van der Waals surface area contributed by atoms with Gasteiger partial charge in [-0.15, -0.1) is 11.3 Å². The summed E-state index contributed by atoms with van der Waals surface area (Å²) in [6, 6.07) is 18.7. The first-order valence-electron chi connectivity index (χ1n) is 6.81. The van der Waals surface area contributed by atoms with Crippen LogP contribution in [0.3, 0.4) is 0 Å². The van der Waals surface area contributed by atoms with Gasteiger partial charge in [0, 0.05) is 5.38 Å². The van der Waals surface area contributed by atoms with Crippen LogP contribution in [0.5, 0.6) is 0 Å². The van der Waals surface area contributed by atoms with Crippen LogP contribution in [0.4, 0.5) is 0 Å². The van der Waals surface area contributed by atoms with E-state index in [0.29, 0.717) is 0 Å². The number of thiazole rings is 1. The highest BCUT2D eigenvalue weighted by molar-refractivity contribution is 7.09. The topological polar surface area (TPSA) is 50.9 Å². The number of benzene rings is 2. The van der Waals surface area contributed by atoms with E-state index in [0.717, 1.165) is 16.3 Å². The maximum absolute atomic E-state index is 5.71. The van der Waals surface area contributed by atoms with Gasteiger partial charge >= 0.3 is 0 Å². The molecule has 0 bridgehead atoms. The van der Waals surface area contributed by atoms with E-state index in [1.165, 1.54) is 11.1 Å². The van der Waals surface area contributed by atoms with E-state index in [1.54, 1.807) is 11.3 Å². The summed E-state index contributed by atoms with van der Waals surface area (Å²) in [6.07, 6.45) is 0. The van der Waals surface area contributed by atoms with Gasteiger partial charge in [-0.2, -0.15) is 0 Å². The second-order valence-electron chi connectivity index (χ2n) is 4.88. The number of rotatable bonds is 4. The van der Waals surface area contributed by atoms with Crippen molar-refractivity contribution in [1.29, 1.82) is 0 Å². The fourth-order valence-corrected chi connectivity index (χ4v) is 3.00. The maximum atomic E-state index is 5.71. The van der Waals surface area contributed by atoms with Crippen LogP contribution in [0.15, 0.2) is 60.0 Å². The Morgan fingerprint density at radius 2 is 1.67 bits per heavy atom. The molecule has 1 atom stereocenters. The number of nitrogens with two attached hydrogens (primary N) is 1. The molecule has 0 aliphatic heterocycles. The predicted molar refractivity (Wildman–Crippen MR) is 87.9 cm³/mol. The van der Waals surface area contributed by atoms with Crippen LogP contribution in [-0.2, 0) is 0 Å². The van der Waals surface area contributed by atoms with Crippen LogP contribution in [0.2, 0.25) is 0 Å². The minimum atomic E-state index is -0.0697. The summed E-state index contributed by atoms with van der Waals surface area (Å²) >= 11 is 1.64. The lowest BCUT2D eigenvalue weighted by molar-refractivity contribution is 0.623. The monoisotopic (exact) mass is 295 g/mol. The molecule has 0 aliphatic carbocycles. The molecule has 0 fully saturated rings. The normalized spacial score (nSPS) is 12.3. The molecule has 0 aliphatic rings. The van der Waals surface area contributed by atoms with Gasteiger partial charge in [-0.1, -0.05) is 54.6 Å². The summed E-state index contributed by atoms with van der Waals surface area (Å²) in [5.74, 6) is 5.71. The molecule has 1 heterocycles. The molecule has 3 rings (SSSR count). The van der Waals surface area contributed by atoms with Crippen LogP contribution >= 0.6 is 11.3 Å². The number of aryl methyl sites for hydroxylation is 1. The third-order valence-electron chi connectivity index (χ3n) is 3.45. The largest absolute Gasteiger partial charge is 0.271 e. The minimum Gasteiger partial charge on any atom is -0.271 e. The van der Waals surface area contributed by atoms with E-state index in [2.05, 4.69) is 46.8 Å². The molecule has 21 heavy (non-hydrogen) atoms. The Kier molecular flexibility index (Phi) is 4.10. The second-order valence-corrected chi connectivity index (χ2v) is 5.94. The Morgan fingerprint density at radius 3 is 2.24 bits per heavy atom. The zero-order chi connectivity index (χ0) is 14.7. The van der Waals surface area contributed by atoms with Crippen molar-refractivity contribution in [3.63, 3.8) is 0 Å². The number of hydrazine groups is 1. The number of hydrogen-bond donors (Lipinski definition) is 2. The van der Waals surface area contributed by atoms with E-state index in [9.17, 15) is 0 Å². The molecule has 1 aromatic heterocycles. The van der Waals surface area contributed by atoms with Crippen molar-refractivity contribution < 1.29 is 0 Å². The molecule has 2 aromatic carbocycles. The molecule has 3 nitrogen and oxygen atoms in total. The van der Waals surface area contributed by atoms with Crippen LogP contribution in [0, 0.1) is 6.92 Å². The Balaban J connectivity index is 1.89. The van der Waals surface area contributed by atoms with Crippen LogP contribution < -0.4 is 11.3 Å². The quantitative estimate of drug-likeness (QED) is 0.570. The highest BCUT2D eigenvalue weighted by atomic mass is 32.1. The highest BCUT2D eigenvalue weighted by Crippen LogP contribution is 2.26. The number of nitrogens with one attached hydrogen (secondary N) is 1. The molecule has 3 aromatic rings. The first kappa shape index (κ1) is 13.9. The van der Waals surface area contributed by atoms with Crippen molar-refractivity contribution in [2.75, 3.05) is 0 Å². The van der Waals surface area contributed by atoms with Crippen molar-refractivity contribution in [3.8, 4) is 11.1 Å². The van der Waals surface area contributed by atoms with Crippen molar-refractivity contribution in [2.24, 2.45) is 5.84 Å². The fourth-order valence-electron chi connectivity index (χ4n) is 2.36. The molecular weight excluding hydrogens is 278 g/mol. The van der Waals surface area contributed by atoms with Gasteiger partial charge in [0.2, 0.25) is 0 Å². The van der Waals surface area contributed by atoms with E-state index >= 15 is 0 Å². The van der Waals surface area contributed by atoms with Crippen molar-refractivity contribution in [2.45, 2.75) is 13.0 Å². The van der Waals surface area contributed by atoms with E-state index in [-0.39, 0.29) is 6.04 Å². The lowest BCUT2D eigenvalue weighted by atomic mass is 10.00. The Hall–Kier alpha value is -2.01. The molecule has 0 radical (unpaired) electrons. The predicted octanol–water partition coefficient (Wildman–Crippen LogP) is 3.67. The van der Waals surface area contributed by atoms with Gasteiger partial charge in [-0.25, -0.2) is 10.4 Å². The molecule has 0 amide bonds. The van der Waals surface area contributed by atoms with Crippen molar-refractivity contribution >= 4 is 11.3 Å². The Bertz CT molecular complexity index is 704. The summed E-state index contributed by atoms with van der Waals surface area (Å²) in [5, 5.41) is 3.09. The van der Waals surface area contributed by atoms with Gasteiger partial charge in [0.1, 0.15) is 0 Å². The summed E-state index contributed by atoms with van der Waals surface area (Å²) in [4.78, 5) is 4.51. The standard InChI is InChI=1S/C17H17N3S/c1-12-19-16(11-21-12)17(20-18)15-9-7-14(8-10-15)13-5-3-2-4-6-13/h2-11,17,20H,18H2,1H3. The van der Waals surface area contributed by atoms with Gasteiger partial charge < -0.3 is 0 Å². The average Bonchev–Trinajstić information content (AvgIpc) is 2.96. The third-order valence-corrected chi connectivity index (χ3v) is 4.24. The van der Waals surface area contributed by atoms with Gasteiger partial charge in [0.15, 0.2) is 0 Å². The Morgan fingerprint density at radius 1 is 1.00 bits per heavy atom. The van der Waals surface area contributed by atoms with Gasteiger partial charge in [-0.3, -0.25) is 5.84 Å². The van der Waals surface area contributed by atoms with Crippen LogP contribution in [0.1, 0.15) is 22.3 Å². The van der Waals surface area contributed by atoms with Gasteiger partial charge in [0.05, 0.1) is 16.7 Å². The minimum absolute atomic E-state index is 0.0697. The van der Waals surface area contributed by atoms with Crippen LogP contribution in [0.25, 0.3) is 11.1 Å². The number of hydrogen-bond acceptors (Lipinski definition) is 4. The zero-order valence-electron chi connectivity index (χ0n) is 11.8. The van der Waals surface area contributed by atoms with Gasteiger partial charge in [-0.05, 0) is 23.6 Å². The first-order chi connectivity index (χ1) is 10.3. The molecular formula is C17H17N3S. The summed E-state index contributed by atoms with van der Waals surface area (Å²) < 4.78 is 0. The zero-order valence-corrected chi connectivity index (χ0v) is 12.6. The van der Waals surface area contributed by atoms with E-state index in [1.807, 2.05) is 30.5 Å². The average molecular weight is 295 g/mol. The molecule has 0 saturated heterocycles. The third kappa shape index (κ3) is 3.03. The van der Waals surface area contributed by atoms with Crippen molar-refractivity contribution in [1.82, 2.24) is 10.4 Å². The Labute approximate surface area is 128 Å². The first-order valence-corrected chi connectivity index (χ1v) is 7.69. The smallest absolute Gasteiger partial charge is 0.0898 e. The van der Waals surface area contributed by atoms with E-state index in [4.69, 9.17) is 5.84 Å². The molecule has 0 saturated carbocycles. The highest BCUT2D eigenvalue weighted by Gasteiger charge is 2.15. The SMILES string of the molecule is Cc1nc(C(NN)c2ccc(-c3ccccc3)cc2)cs1. The summed E-state index contributed by atoms with van der Waals surface area (Å²) in [6.45, 7) is 2.00. The molecule has 4 heteroatoms. The molecule has 106 valence electrons. The lowest BCUT2D eigenvalue weighted by Crippen LogP contribution is -2.29. The second kappa shape index (κ2) is 6.18. The number of aromatic nitrogens is 1. The van der Waals surface area contributed by atoms with E-state index < -0.39 is 0 Å². The molecule has 0 spiro atoms. The molecule has 3 N–H and O–H groups in total. The summed E-state index contributed by atoms with van der Waals surface area (Å²) in [7, 11) is 0. The van der Waals surface area contributed by atoms with Crippen molar-refractivity contribution in [3.05, 3.63) is 76.2 Å². The fraction of sp³-hybridized carbons (Fsp3) is 0.118. The van der Waals surface area contributed by atoms with Gasteiger partial charge in [0.25, 0.3) is 0 Å². The maximum Gasteiger partial charge on any atom is 0.0898 e. The molecule has 1 unspecified atom stereocenters. The summed E-state index contributed by atoms with van der Waals surface area (Å²) in [5.41, 5.74) is 7.34.